The molecule has 0 bridgehead atoms. The van der Waals surface area contributed by atoms with Crippen molar-refractivity contribution in [2.24, 2.45) is 0 Å². The molecule has 0 aromatic carbocycles. The second-order valence-electron chi connectivity index (χ2n) is 14.4. The number of aliphatic hydroxyl groups is 3. The Balaban J connectivity index is 1.12. The summed E-state index contributed by atoms with van der Waals surface area (Å²) in [6.45, 7) is 4.12. The molecule has 8 atom stereocenters. The maximum absolute atomic E-state index is 11.6. The fourth-order valence-corrected chi connectivity index (χ4v) is 7.45. The van der Waals surface area contributed by atoms with E-state index in [9.17, 15) is 20.1 Å². The summed E-state index contributed by atoms with van der Waals surface area (Å²) in [5.74, 6) is -0.123. The number of unbranched alkanes of at least 4 members (excludes halogenated alkanes) is 13. The van der Waals surface area contributed by atoms with E-state index in [4.69, 9.17) is 14.2 Å². The highest BCUT2D eigenvalue weighted by Crippen LogP contribution is 2.34. The van der Waals surface area contributed by atoms with Crippen LogP contribution in [0.3, 0.4) is 0 Å². The van der Waals surface area contributed by atoms with E-state index >= 15 is 0 Å². The molecular weight excluding hydrogens is 568 g/mol. The molecule has 7 heteroatoms. The van der Waals surface area contributed by atoms with Gasteiger partial charge in [0.15, 0.2) is 0 Å². The molecule has 0 saturated carbocycles. The van der Waals surface area contributed by atoms with Crippen molar-refractivity contribution in [1.29, 1.82) is 0 Å². The van der Waals surface area contributed by atoms with Crippen molar-refractivity contribution in [3.63, 3.8) is 0 Å². The molecule has 0 radical (unpaired) electrons. The normalized spacial score (nSPS) is 27.1. The van der Waals surface area contributed by atoms with Crippen LogP contribution in [0.15, 0.2) is 11.6 Å². The van der Waals surface area contributed by atoms with Crippen LogP contribution >= 0.6 is 0 Å². The van der Waals surface area contributed by atoms with Gasteiger partial charge in [-0.3, -0.25) is 0 Å². The van der Waals surface area contributed by atoms with Gasteiger partial charge >= 0.3 is 5.97 Å². The molecule has 3 N–H and O–H groups in total. The summed E-state index contributed by atoms with van der Waals surface area (Å²) in [4.78, 5) is 11.6. The molecule has 0 amide bonds. The molecule has 3 aliphatic rings. The van der Waals surface area contributed by atoms with Gasteiger partial charge in [0.2, 0.25) is 0 Å². The first kappa shape index (κ1) is 38.5. The van der Waals surface area contributed by atoms with E-state index in [0.29, 0.717) is 0 Å². The van der Waals surface area contributed by atoms with Crippen LogP contribution in [0.2, 0.25) is 0 Å². The van der Waals surface area contributed by atoms with Crippen molar-refractivity contribution in [2.45, 2.75) is 223 Å². The van der Waals surface area contributed by atoms with Gasteiger partial charge in [-0.05, 0) is 77.2 Å². The molecule has 3 rings (SSSR count). The fraction of sp³-hybridized carbons (Fsp3) is 0.921. The fourth-order valence-electron chi connectivity index (χ4n) is 7.45. The highest BCUT2D eigenvalue weighted by atomic mass is 16.6. The van der Waals surface area contributed by atoms with Crippen LogP contribution in [-0.4, -0.2) is 70.1 Å². The maximum atomic E-state index is 11.6. The first-order chi connectivity index (χ1) is 21.9. The number of carbonyl (C=O) groups excluding carboxylic acids is 1. The van der Waals surface area contributed by atoms with Crippen LogP contribution in [0.4, 0.5) is 0 Å². The third-order valence-corrected chi connectivity index (χ3v) is 10.3. The number of aliphatic hydroxyl groups excluding tert-OH is 3. The van der Waals surface area contributed by atoms with E-state index in [1.54, 1.807) is 0 Å². The van der Waals surface area contributed by atoms with Crippen molar-refractivity contribution in [3.8, 4) is 0 Å². The first-order valence-electron chi connectivity index (χ1n) is 19.1. The highest BCUT2D eigenvalue weighted by Gasteiger charge is 2.40. The van der Waals surface area contributed by atoms with E-state index in [1.165, 1.54) is 70.6 Å². The summed E-state index contributed by atoms with van der Waals surface area (Å²) < 4.78 is 17.7. The molecule has 2 saturated heterocycles. The Hall–Kier alpha value is -0.990. The lowest BCUT2D eigenvalue weighted by atomic mass is 10.00. The minimum absolute atomic E-state index is 0.0269. The van der Waals surface area contributed by atoms with Crippen molar-refractivity contribution >= 4 is 5.97 Å². The second kappa shape index (κ2) is 22.6. The van der Waals surface area contributed by atoms with Gasteiger partial charge in [-0.2, -0.15) is 0 Å². The Morgan fingerprint density at radius 2 is 1.09 bits per heavy atom. The summed E-state index contributed by atoms with van der Waals surface area (Å²) in [5, 5.41) is 31.7. The monoisotopic (exact) mass is 636 g/mol. The molecule has 2 fully saturated rings. The Bertz CT molecular complexity index is 816. The van der Waals surface area contributed by atoms with Crippen molar-refractivity contribution in [2.75, 3.05) is 0 Å². The topological polar surface area (TPSA) is 105 Å². The Morgan fingerprint density at radius 3 is 1.60 bits per heavy atom. The predicted molar refractivity (Wildman–Crippen MR) is 180 cm³/mol. The van der Waals surface area contributed by atoms with Gasteiger partial charge in [-0.1, -0.05) is 103 Å². The van der Waals surface area contributed by atoms with Gasteiger partial charge in [-0.25, -0.2) is 4.79 Å². The average molecular weight is 637 g/mol. The van der Waals surface area contributed by atoms with Gasteiger partial charge < -0.3 is 29.5 Å². The summed E-state index contributed by atoms with van der Waals surface area (Å²) in [6, 6.07) is 0. The predicted octanol–water partition coefficient (Wildman–Crippen LogP) is 8.25. The molecule has 0 spiro atoms. The standard InChI is InChI=1S/C38H68O7/c1-3-4-5-15-20-31(39)21-17-18-23-33(41)35-25-27-37(45-35)36-26-24-34(44-36)32(40)22-16-13-11-9-7-6-8-10-12-14-19-30-28-29(2)43-38(30)42/h28-29,31-37,39-41H,3-27H2,1-2H3. The Labute approximate surface area is 274 Å². The van der Waals surface area contributed by atoms with Crippen molar-refractivity contribution in [1.82, 2.24) is 0 Å². The minimum atomic E-state index is -0.447. The number of hydrogen-bond donors (Lipinski definition) is 3. The van der Waals surface area contributed by atoms with E-state index in [1.807, 2.05) is 13.0 Å². The molecule has 0 aliphatic carbocycles. The van der Waals surface area contributed by atoms with E-state index in [2.05, 4.69) is 6.92 Å². The first-order valence-corrected chi connectivity index (χ1v) is 19.1. The zero-order valence-corrected chi connectivity index (χ0v) is 28.8. The quantitative estimate of drug-likeness (QED) is 0.0649. The molecule has 45 heavy (non-hydrogen) atoms. The van der Waals surface area contributed by atoms with Crippen LogP contribution in [0.25, 0.3) is 0 Å². The van der Waals surface area contributed by atoms with Gasteiger partial charge in [0, 0.05) is 5.57 Å². The summed E-state index contributed by atoms with van der Waals surface area (Å²) in [7, 11) is 0. The number of hydrogen-bond acceptors (Lipinski definition) is 7. The van der Waals surface area contributed by atoms with Crippen molar-refractivity contribution in [3.05, 3.63) is 11.6 Å². The van der Waals surface area contributed by atoms with E-state index in [-0.39, 0.29) is 42.6 Å². The summed E-state index contributed by atoms with van der Waals surface area (Å²) in [5.41, 5.74) is 0.863. The van der Waals surface area contributed by atoms with Crippen molar-refractivity contribution < 1.29 is 34.3 Å². The van der Waals surface area contributed by atoms with Crippen LogP contribution in [0, 0.1) is 0 Å². The smallest absolute Gasteiger partial charge is 0.334 e. The Kier molecular flexibility index (Phi) is 19.3. The number of rotatable bonds is 26. The van der Waals surface area contributed by atoms with E-state index < -0.39 is 12.2 Å². The summed E-state index contributed by atoms with van der Waals surface area (Å²) in [6.07, 6.45) is 27.1. The zero-order valence-electron chi connectivity index (χ0n) is 28.8. The summed E-state index contributed by atoms with van der Waals surface area (Å²) >= 11 is 0. The average Bonchev–Trinajstić information content (AvgIpc) is 3.78. The lowest BCUT2D eigenvalue weighted by Gasteiger charge is -2.24. The molecule has 0 aromatic heterocycles. The zero-order chi connectivity index (χ0) is 32.3. The lowest BCUT2D eigenvalue weighted by Crippen LogP contribution is -2.33. The number of cyclic esters (lactones) is 1. The third kappa shape index (κ3) is 15.2. The largest absolute Gasteiger partial charge is 0.455 e. The molecule has 3 heterocycles. The van der Waals surface area contributed by atoms with Crippen LogP contribution in [0.1, 0.15) is 174 Å². The molecule has 7 nitrogen and oxygen atoms in total. The number of ether oxygens (including phenoxy) is 3. The third-order valence-electron chi connectivity index (χ3n) is 10.3. The second-order valence-corrected chi connectivity index (χ2v) is 14.4. The van der Waals surface area contributed by atoms with Crippen LogP contribution < -0.4 is 0 Å². The highest BCUT2D eigenvalue weighted by molar-refractivity contribution is 5.90. The Morgan fingerprint density at radius 1 is 0.644 bits per heavy atom. The van der Waals surface area contributed by atoms with Gasteiger partial charge in [0.05, 0.1) is 42.7 Å². The maximum Gasteiger partial charge on any atom is 0.334 e. The molecule has 3 aliphatic heterocycles. The van der Waals surface area contributed by atoms with Gasteiger partial charge in [-0.15, -0.1) is 0 Å². The minimum Gasteiger partial charge on any atom is -0.455 e. The van der Waals surface area contributed by atoms with Gasteiger partial charge in [0.25, 0.3) is 0 Å². The van der Waals surface area contributed by atoms with Gasteiger partial charge in [0.1, 0.15) is 6.10 Å². The molecular formula is C38H68O7. The SMILES string of the molecule is CCCCCCC(O)CCCCC(O)C1CCC(C2CCC(C(O)CCCCCCCCCCCCC3=CC(C)OC3=O)O2)O1. The molecule has 0 aromatic rings. The van der Waals surface area contributed by atoms with Crippen LogP contribution in [0.5, 0.6) is 0 Å². The number of carbonyl (C=O) groups is 1. The molecule has 262 valence electrons. The molecule has 8 unspecified atom stereocenters. The van der Waals surface area contributed by atoms with Crippen LogP contribution in [-0.2, 0) is 19.0 Å². The lowest BCUT2D eigenvalue weighted by molar-refractivity contribution is -0.139. The number of esters is 1. The van der Waals surface area contributed by atoms with E-state index in [0.717, 1.165) is 95.5 Å².